The minimum Gasteiger partial charge on any atom is -0.462 e. The van der Waals surface area contributed by atoms with Gasteiger partial charge in [0.15, 0.2) is 12.6 Å². The van der Waals surface area contributed by atoms with Crippen LogP contribution in [0.5, 0.6) is 0 Å². The number of ether oxygens (including phenoxy) is 8. The molecule has 2 heterocycles. The fraction of sp³-hybridized carbons (Fsp3) is 0.814. The van der Waals surface area contributed by atoms with Gasteiger partial charge in [0.25, 0.3) is 0 Å². The van der Waals surface area contributed by atoms with E-state index in [0.29, 0.717) is 52.6 Å². The molecule has 2 aliphatic heterocycles. The minimum absolute atomic E-state index is 0.00571. The van der Waals surface area contributed by atoms with Crippen LogP contribution in [0.2, 0.25) is 0 Å². The summed E-state index contributed by atoms with van der Waals surface area (Å²) < 4.78 is 48.2. The molecule has 6 N–H and O–H groups in total. The van der Waals surface area contributed by atoms with Crippen LogP contribution in [0.4, 0.5) is 0 Å². The minimum atomic E-state index is -0.895. The van der Waals surface area contributed by atoms with Crippen LogP contribution in [0, 0.1) is 88.7 Å². The van der Waals surface area contributed by atoms with Crippen LogP contribution in [0.1, 0.15) is 269 Å². The van der Waals surface area contributed by atoms with Crippen LogP contribution in [-0.4, -0.2) is 150 Å². The Labute approximate surface area is 665 Å². The lowest BCUT2D eigenvalue weighted by molar-refractivity contribution is -0.322. The SMILES string of the molecule is CC(=O)OC1C(C)C(I)C(C)(CI)CC1(C)C.CC(=O)OC1C(C)C(O)C(C)(CO)CC1(C)C.CC(=O)OC1C(C)C2OC(c3ccccc3)OCC2(C)CC1(C)C.CC(=O)OC1C(C)CC(C)(C)CC1(C)C.CC1(C)CC(O)C(O)C(C)(C)C1.CC1(C)CC2(C)COC(c3ccccc3)OC2C(O)C1O. The highest BCUT2D eigenvalue weighted by molar-refractivity contribution is 14.1. The Morgan fingerprint density at radius 2 is 0.783 bits per heavy atom. The summed E-state index contributed by atoms with van der Waals surface area (Å²) in [5.41, 5.74) is 1.22. The van der Waals surface area contributed by atoms with Gasteiger partial charge in [-0.1, -0.05) is 272 Å². The molecule has 8 fully saturated rings. The van der Waals surface area contributed by atoms with Crippen molar-refractivity contribution in [1.82, 2.24) is 0 Å². The molecule has 2 aromatic carbocycles. The van der Waals surface area contributed by atoms with E-state index in [1.807, 2.05) is 116 Å². The van der Waals surface area contributed by atoms with Gasteiger partial charge in [0.1, 0.15) is 30.5 Å². The average Bonchev–Trinajstić information content (AvgIpc) is 0.738. The lowest BCUT2D eigenvalue weighted by Crippen LogP contribution is -2.63. The predicted octanol–water partition coefficient (Wildman–Crippen LogP) is 16.9. The maximum Gasteiger partial charge on any atom is 0.302 e. The van der Waals surface area contributed by atoms with E-state index >= 15 is 0 Å². The van der Waals surface area contributed by atoms with Crippen molar-refractivity contribution in [2.75, 3.05) is 24.2 Å². The van der Waals surface area contributed by atoms with E-state index in [0.717, 1.165) is 54.1 Å². The molecule has 22 atom stereocenters. The van der Waals surface area contributed by atoms with Crippen LogP contribution in [0.15, 0.2) is 60.7 Å². The van der Waals surface area contributed by atoms with Crippen molar-refractivity contribution in [3.63, 3.8) is 0 Å². The summed E-state index contributed by atoms with van der Waals surface area (Å²) in [5.74, 6) is -0.0746. The number of carbonyl (C=O) groups is 4. The zero-order valence-corrected chi connectivity index (χ0v) is 74.3. The number of halogens is 2. The lowest BCUT2D eigenvalue weighted by Gasteiger charge is -2.57. The molecule has 6 saturated carbocycles. The number of carbonyl (C=O) groups excluding carboxylic acids is 4. The highest BCUT2D eigenvalue weighted by Gasteiger charge is 2.60. The van der Waals surface area contributed by atoms with Gasteiger partial charge >= 0.3 is 23.9 Å². The number of rotatable bonds is 8. The molecule has 18 nitrogen and oxygen atoms in total. The van der Waals surface area contributed by atoms with Gasteiger partial charge in [-0.3, -0.25) is 19.2 Å². The maximum atomic E-state index is 11.6. The number of hydrogen-bond acceptors (Lipinski definition) is 18. The first-order chi connectivity index (χ1) is 48.2. The smallest absolute Gasteiger partial charge is 0.302 e. The molecule has 0 spiro atoms. The zero-order valence-electron chi connectivity index (χ0n) is 70.0. The molecule has 0 radical (unpaired) electrons. The summed E-state index contributed by atoms with van der Waals surface area (Å²) in [6, 6.07) is 19.7. The standard InChI is InChI=1S/C20H28O4.C17H24O4.C13H22I2O2.C13H24O4.C13H24O2.C10H20O2/c1-13-16(23-14(2)21)19(3,4)11-20(5)12-22-18(24-17(13)20)15-9-7-6-8-10-15;1-16(2)9-17(3)10-20-15(11-7-5-4-6-8-11)21-14(17)12(18)13(16)19;1-8-10(15)13(5,7-14)6-12(3,4)11(8)17-9(2)16;1-8-10(16)13(5,7-14)6-12(3,4)11(8)17-9(2)15;1-9-7-12(3,4)8-13(5,6)11(9)15-10(2)14;1-9(2)5-7(11)8(12)10(3,4)6-9/h6-10,13,16-18H,11-12H2,1-5H3;4-8,12-15,18-19H,9-10H2,1-3H3;8,10-11H,6-7H2,1-5H3;8,10-11,14,16H,6-7H2,1-5H3;9,11H,7-8H2,1-6H3;7-8,11-12H,5-6H2,1-4H3. The number of aliphatic hydroxyl groups excluding tert-OH is 6. The number of alkyl halides is 2. The second-order valence-corrected chi connectivity index (χ2v) is 42.4. The molecule has 22 unspecified atom stereocenters. The Balaban J connectivity index is 0.000000231. The number of hydrogen-bond donors (Lipinski definition) is 6. The first kappa shape index (κ1) is 94.0. The highest BCUT2D eigenvalue weighted by atomic mass is 127. The predicted molar refractivity (Wildman–Crippen MR) is 432 cm³/mol. The Hall–Kier alpha value is -2.62. The van der Waals surface area contributed by atoms with E-state index < -0.39 is 48.3 Å². The third-order valence-corrected chi connectivity index (χ3v) is 28.8. The molecule has 0 bridgehead atoms. The van der Waals surface area contributed by atoms with Gasteiger partial charge < -0.3 is 68.5 Å². The van der Waals surface area contributed by atoms with Crippen LogP contribution in [0.3, 0.4) is 0 Å². The van der Waals surface area contributed by atoms with Crippen molar-refractivity contribution in [2.24, 2.45) is 88.7 Å². The molecule has 2 aromatic rings. The summed E-state index contributed by atoms with van der Waals surface area (Å²) in [6.07, 6.45) is 2.24. The normalized spacial score (nSPS) is 39.4. The Kier molecular flexibility index (Phi) is 31.8. The summed E-state index contributed by atoms with van der Waals surface area (Å²) in [7, 11) is 0. The Morgan fingerprint density at radius 3 is 1.20 bits per heavy atom. The van der Waals surface area contributed by atoms with Gasteiger partial charge in [0.05, 0.1) is 56.4 Å². The third-order valence-electron chi connectivity index (χ3n) is 24.4. The van der Waals surface area contributed by atoms with Gasteiger partial charge in [-0.25, -0.2) is 0 Å². The molecule has 20 heteroatoms. The molecular weight excluding hydrogens is 1570 g/mol. The second kappa shape index (κ2) is 35.8. The zero-order chi connectivity index (χ0) is 81.1. The number of fused-ring (bicyclic) bond motifs is 2. The van der Waals surface area contributed by atoms with Gasteiger partial charge in [0.2, 0.25) is 0 Å². The highest BCUT2D eigenvalue weighted by Crippen LogP contribution is 2.58. The van der Waals surface area contributed by atoms with Crippen molar-refractivity contribution in [1.29, 1.82) is 0 Å². The van der Waals surface area contributed by atoms with Crippen LogP contribution in [-0.2, 0) is 57.1 Å². The van der Waals surface area contributed by atoms with Crippen molar-refractivity contribution in [3.05, 3.63) is 71.8 Å². The third kappa shape index (κ3) is 23.3. The number of aliphatic hydroxyl groups is 6. The molecule has 6 aliphatic carbocycles. The first-order valence-electron chi connectivity index (χ1n) is 38.8. The average molecular weight is 1720 g/mol. The van der Waals surface area contributed by atoms with E-state index in [1.165, 1.54) is 27.7 Å². The van der Waals surface area contributed by atoms with E-state index in [1.54, 1.807) is 0 Å². The van der Waals surface area contributed by atoms with Gasteiger partial charge in [-0.15, -0.1) is 0 Å². The molecular formula is C86H142I2O18. The fourth-order valence-electron chi connectivity index (χ4n) is 21.6. The summed E-state index contributed by atoms with van der Waals surface area (Å²) in [6.45, 7) is 58.0. The molecule has 10 rings (SSSR count). The second-order valence-electron chi connectivity index (χ2n) is 40.3. The van der Waals surface area contributed by atoms with Gasteiger partial charge in [0, 0.05) is 103 Å². The van der Waals surface area contributed by atoms with Crippen molar-refractivity contribution >= 4 is 69.1 Å². The number of benzene rings is 2. The van der Waals surface area contributed by atoms with Crippen LogP contribution >= 0.6 is 45.2 Å². The quantitative estimate of drug-likeness (QED) is 0.0621. The van der Waals surface area contributed by atoms with Crippen molar-refractivity contribution < 1.29 is 87.7 Å². The van der Waals surface area contributed by atoms with Gasteiger partial charge in [-0.05, 0) is 84.4 Å². The van der Waals surface area contributed by atoms with E-state index in [4.69, 9.17) is 37.9 Å². The van der Waals surface area contributed by atoms with Crippen molar-refractivity contribution in [3.8, 4) is 0 Å². The summed E-state index contributed by atoms with van der Waals surface area (Å²) >= 11 is 5.03. The molecule has 0 aromatic heterocycles. The van der Waals surface area contributed by atoms with E-state index in [9.17, 15) is 49.8 Å². The fourth-order valence-corrected chi connectivity index (χ4v) is 24.0. The van der Waals surface area contributed by atoms with Crippen molar-refractivity contribution in [2.45, 2.75) is 329 Å². The molecule has 106 heavy (non-hydrogen) atoms. The van der Waals surface area contributed by atoms with Crippen LogP contribution in [0.25, 0.3) is 0 Å². The van der Waals surface area contributed by atoms with E-state index in [-0.39, 0.29) is 128 Å². The van der Waals surface area contributed by atoms with E-state index in [2.05, 4.69) is 156 Å². The topological polar surface area (TPSA) is 263 Å². The summed E-state index contributed by atoms with van der Waals surface area (Å²) in [4.78, 5) is 45.1. The molecule has 0 amide bonds. The number of esters is 4. The maximum absolute atomic E-state index is 11.6. The lowest BCUT2D eigenvalue weighted by atomic mass is 9.57. The monoisotopic (exact) mass is 1720 g/mol. The largest absolute Gasteiger partial charge is 0.462 e. The molecule has 608 valence electrons. The van der Waals surface area contributed by atoms with Crippen LogP contribution < -0.4 is 0 Å². The Bertz CT molecular complexity index is 3110. The Morgan fingerprint density at radius 1 is 0.434 bits per heavy atom. The van der Waals surface area contributed by atoms with Gasteiger partial charge in [-0.2, -0.15) is 0 Å². The summed E-state index contributed by atoms with van der Waals surface area (Å²) in [5, 5.41) is 59.9. The molecule has 2 saturated heterocycles. The first-order valence-corrected chi connectivity index (χ1v) is 41.5. The molecule has 8 aliphatic rings.